The van der Waals surface area contributed by atoms with E-state index in [2.05, 4.69) is 51.1 Å². The van der Waals surface area contributed by atoms with Gasteiger partial charge in [-0.15, -0.1) is 0 Å². The van der Waals surface area contributed by atoms with E-state index in [1.165, 1.54) is 11.3 Å². The highest BCUT2D eigenvalue weighted by atomic mass is 15.3. The SMILES string of the molecule is Cc1nn(C(C)CC(C)(C#N)NC(C)C)c(C)c1C. The molecule has 2 unspecified atom stereocenters. The standard InChI is InChI=1S/C15H26N4/c1-10(2)17-15(7,9-16)8-11(3)19-14(6)12(4)13(5)18-19/h10-11,17H,8H2,1-7H3. The molecule has 1 aromatic rings. The first-order valence-corrected chi connectivity index (χ1v) is 6.91. The maximum atomic E-state index is 9.42. The fourth-order valence-electron chi connectivity index (χ4n) is 2.63. The largest absolute Gasteiger partial charge is 0.297 e. The fraction of sp³-hybridized carbons (Fsp3) is 0.733. The van der Waals surface area contributed by atoms with Crippen LogP contribution >= 0.6 is 0 Å². The van der Waals surface area contributed by atoms with E-state index in [0.717, 1.165) is 12.1 Å². The average Bonchev–Trinajstić information content (AvgIpc) is 2.56. The predicted molar refractivity (Wildman–Crippen MR) is 78.1 cm³/mol. The molecule has 1 aromatic heterocycles. The van der Waals surface area contributed by atoms with Crippen molar-refractivity contribution < 1.29 is 0 Å². The van der Waals surface area contributed by atoms with E-state index < -0.39 is 5.54 Å². The van der Waals surface area contributed by atoms with Gasteiger partial charge in [-0.05, 0) is 54.0 Å². The summed E-state index contributed by atoms with van der Waals surface area (Å²) in [5.74, 6) is 0. The third-order valence-corrected chi connectivity index (χ3v) is 3.66. The van der Waals surface area contributed by atoms with Crippen molar-refractivity contribution in [2.75, 3.05) is 0 Å². The number of aryl methyl sites for hydroxylation is 1. The molecule has 0 aromatic carbocycles. The van der Waals surface area contributed by atoms with Crippen LogP contribution in [0.4, 0.5) is 0 Å². The van der Waals surface area contributed by atoms with Crippen molar-refractivity contribution in [1.29, 1.82) is 5.26 Å². The molecule has 1 N–H and O–H groups in total. The molecule has 106 valence electrons. The molecule has 19 heavy (non-hydrogen) atoms. The molecule has 0 radical (unpaired) electrons. The Hall–Kier alpha value is -1.34. The van der Waals surface area contributed by atoms with Gasteiger partial charge in [0.05, 0.1) is 17.8 Å². The molecular formula is C15H26N4. The van der Waals surface area contributed by atoms with E-state index in [0.29, 0.717) is 6.04 Å². The summed E-state index contributed by atoms with van der Waals surface area (Å²) in [4.78, 5) is 0. The Kier molecular flexibility index (Phi) is 4.75. The van der Waals surface area contributed by atoms with Crippen molar-refractivity contribution in [2.45, 2.75) is 72.5 Å². The number of hydrogen-bond acceptors (Lipinski definition) is 3. The number of hydrogen-bond donors (Lipinski definition) is 1. The smallest absolute Gasteiger partial charge is 0.106 e. The third-order valence-electron chi connectivity index (χ3n) is 3.66. The van der Waals surface area contributed by atoms with Gasteiger partial charge in [-0.2, -0.15) is 10.4 Å². The Labute approximate surface area is 116 Å². The third kappa shape index (κ3) is 3.57. The summed E-state index contributed by atoms with van der Waals surface area (Å²) in [6, 6.07) is 2.89. The molecule has 1 rings (SSSR count). The van der Waals surface area contributed by atoms with Gasteiger partial charge in [0.15, 0.2) is 0 Å². The van der Waals surface area contributed by atoms with Crippen LogP contribution in [0.1, 0.15) is 57.1 Å². The van der Waals surface area contributed by atoms with E-state index in [-0.39, 0.29) is 6.04 Å². The summed E-state index contributed by atoms with van der Waals surface area (Å²) in [5.41, 5.74) is 2.98. The van der Waals surface area contributed by atoms with Gasteiger partial charge in [0, 0.05) is 18.2 Å². The van der Waals surface area contributed by atoms with Crippen molar-refractivity contribution >= 4 is 0 Å². The second-order valence-corrected chi connectivity index (χ2v) is 6.04. The van der Waals surface area contributed by atoms with Crippen LogP contribution in [0.25, 0.3) is 0 Å². The van der Waals surface area contributed by atoms with Gasteiger partial charge >= 0.3 is 0 Å². The Morgan fingerprint density at radius 1 is 1.32 bits per heavy atom. The number of aromatic nitrogens is 2. The lowest BCUT2D eigenvalue weighted by Crippen LogP contribution is -2.46. The van der Waals surface area contributed by atoms with Gasteiger partial charge in [-0.25, -0.2) is 0 Å². The van der Waals surface area contributed by atoms with Crippen LogP contribution in [0.3, 0.4) is 0 Å². The molecule has 0 spiro atoms. The van der Waals surface area contributed by atoms with Gasteiger partial charge in [-0.3, -0.25) is 10.00 Å². The van der Waals surface area contributed by atoms with Crippen molar-refractivity contribution in [3.63, 3.8) is 0 Å². The number of nitrogens with one attached hydrogen (secondary N) is 1. The summed E-state index contributed by atoms with van der Waals surface area (Å²) in [5, 5.41) is 17.3. The highest BCUT2D eigenvalue weighted by Gasteiger charge is 2.28. The van der Waals surface area contributed by atoms with Crippen LogP contribution in [0.5, 0.6) is 0 Å². The first kappa shape index (κ1) is 15.7. The molecule has 0 saturated heterocycles. The minimum atomic E-state index is -0.520. The van der Waals surface area contributed by atoms with Crippen LogP contribution in [0.2, 0.25) is 0 Å². The van der Waals surface area contributed by atoms with Crippen LogP contribution in [-0.2, 0) is 0 Å². The number of rotatable bonds is 5. The molecule has 2 atom stereocenters. The Morgan fingerprint density at radius 3 is 2.26 bits per heavy atom. The first-order chi connectivity index (χ1) is 8.70. The van der Waals surface area contributed by atoms with Crippen molar-refractivity contribution in [2.24, 2.45) is 0 Å². The zero-order valence-electron chi connectivity index (χ0n) is 13.2. The molecular weight excluding hydrogens is 236 g/mol. The molecule has 0 amide bonds. The first-order valence-electron chi connectivity index (χ1n) is 6.91. The monoisotopic (exact) mass is 262 g/mol. The van der Waals surface area contributed by atoms with Gasteiger partial charge in [-0.1, -0.05) is 0 Å². The Balaban J connectivity index is 2.92. The van der Waals surface area contributed by atoms with E-state index in [9.17, 15) is 5.26 Å². The maximum Gasteiger partial charge on any atom is 0.106 e. The van der Waals surface area contributed by atoms with Crippen LogP contribution in [0, 0.1) is 32.1 Å². The second kappa shape index (κ2) is 5.75. The minimum Gasteiger partial charge on any atom is -0.297 e. The van der Waals surface area contributed by atoms with E-state index in [1.807, 2.05) is 18.5 Å². The molecule has 0 aliphatic carbocycles. The van der Waals surface area contributed by atoms with Crippen LogP contribution in [-0.4, -0.2) is 21.4 Å². The summed E-state index contributed by atoms with van der Waals surface area (Å²) in [6.07, 6.45) is 0.739. The highest BCUT2D eigenvalue weighted by Crippen LogP contribution is 2.24. The summed E-state index contributed by atoms with van der Waals surface area (Å²) in [6.45, 7) is 14.4. The molecule has 0 bridgehead atoms. The van der Waals surface area contributed by atoms with Crippen molar-refractivity contribution in [3.8, 4) is 6.07 Å². The molecule has 0 aliphatic rings. The number of nitriles is 1. The number of nitrogens with zero attached hydrogens (tertiary/aromatic N) is 3. The molecule has 0 aliphatic heterocycles. The lowest BCUT2D eigenvalue weighted by atomic mass is 9.94. The zero-order valence-corrected chi connectivity index (χ0v) is 13.2. The average molecular weight is 262 g/mol. The van der Waals surface area contributed by atoms with Crippen molar-refractivity contribution in [3.05, 3.63) is 17.0 Å². The van der Waals surface area contributed by atoms with Crippen molar-refractivity contribution in [1.82, 2.24) is 15.1 Å². The van der Waals surface area contributed by atoms with Crippen LogP contribution in [0.15, 0.2) is 0 Å². The molecule has 0 saturated carbocycles. The molecule has 4 heteroatoms. The van der Waals surface area contributed by atoms with Gasteiger partial charge in [0.1, 0.15) is 5.54 Å². The Morgan fingerprint density at radius 2 is 1.89 bits per heavy atom. The molecule has 0 fully saturated rings. The maximum absolute atomic E-state index is 9.42. The lowest BCUT2D eigenvalue weighted by Gasteiger charge is -2.29. The zero-order chi connectivity index (χ0) is 14.8. The summed E-state index contributed by atoms with van der Waals surface area (Å²) < 4.78 is 2.04. The molecule has 1 heterocycles. The van der Waals surface area contributed by atoms with Gasteiger partial charge < -0.3 is 0 Å². The summed E-state index contributed by atoms with van der Waals surface area (Å²) in [7, 11) is 0. The highest BCUT2D eigenvalue weighted by molar-refractivity contribution is 5.23. The van der Waals surface area contributed by atoms with E-state index in [1.54, 1.807) is 0 Å². The fourth-order valence-corrected chi connectivity index (χ4v) is 2.63. The topological polar surface area (TPSA) is 53.6 Å². The van der Waals surface area contributed by atoms with E-state index in [4.69, 9.17) is 0 Å². The predicted octanol–water partition coefficient (Wildman–Crippen LogP) is 3.04. The summed E-state index contributed by atoms with van der Waals surface area (Å²) >= 11 is 0. The Bertz CT molecular complexity index is 481. The van der Waals surface area contributed by atoms with E-state index >= 15 is 0 Å². The lowest BCUT2D eigenvalue weighted by molar-refractivity contribution is 0.311. The van der Waals surface area contributed by atoms with Gasteiger partial charge in [0.25, 0.3) is 0 Å². The van der Waals surface area contributed by atoms with Crippen LogP contribution < -0.4 is 5.32 Å². The quantitative estimate of drug-likeness (QED) is 0.887. The second-order valence-electron chi connectivity index (χ2n) is 6.04. The molecule has 4 nitrogen and oxygen atoms in total. The normalized spacial score (nSPS) is 16.2. The minimum absolute atomic E-state index is 0.198. The van der Waals surface area contributed by atoms with Gasteiger partial charge in [0.2, 0.25) is 0 Å².